The predicted octanol–water partition coefficient (Wildman–Crippen LogP) is 9.70. The Hall–Kier alpha value is -3.65. The van der Waals surface area contributed by atoms with Crippen LogP contribution in [0, 0.1) is 0 Å². The maximum atomic E-state index is 8.74. The van der Waals surface area contributed by atoms with Gasteiger partial charge in [0.05, 0.1) is 41.2 Å². The highest BCUT2D eigenvalue weighted by Gasteiger charge is 2.23. The van der Waals surface area contributed by atoms with Gasteiger partial charge in [-0.15, -0.1) is 0 Å². The Kier molecular flexibility index (Phi) is 18.2. The summed E-state index contributed by atoms with van der Waals surface area (Å²) in [7, 11) is -1.57. The van der Waals surface area contributed by atoms with E-state index in [4.69, 9.17) is 54.3 Å². The maximum absolute atomic E-state index is 8.74. The van der Waals surface area contributed by atoms with Crippen LogP contribution >= 0.6 is 50.7 Å². The Bertz CT molecular complexity index is 2120. The lowest BCUT2D eigenvalue weighted by molar-refractivity contribution is -0.0330. The molecule has 2 aliphatic heterocycles. The van der Waals surface area contributed by atoms with Gasteiger partial charge >= 0.3 is 7.12 Å². The molecule has 8 nitrogen and oxygen atoms in total. The van der Waals surface area contributed by atoms with Gasteiger partial charge in [0.1, 0.15) is 4.60 Å². The maximum Gasteiger partial charge on any atom is 0.490 e. The van der Waals surface area contributed by atoms with Crippen LogP contribution in [0.3, 0.4) is 0 Å². The molecule has 2 saturated heterocycles. The standard InChI is InChI=1S/C22H21ClN2O.C16H17BrN2O.C6H5BCl2O2.CH4/c23-20-8-4-7-19(13-20)21-10-9-17(14-24-21)15-25-11-12-26-22(16-25)18-5-2-1-3-6-18;17-16-7-6-13(10-18-16)11-19-8-9-20-15(12-19)14-4-2-1-3-5-14;8-5-3-1-2-4(6(5)9)7(10)11;/h1-10,13-14,22H,11-12,15-16H2;1-7,10,15H,8-9,11-12H2;1-3,10-11H;1H4/t22-;15-;;/m11../s1. The van der Waals surface area contributed by atoms with Gasteiger partial charge in [-0.2, -0.15) is 0 Å². The summed E-state index contributed by atoms with van der Waals surface area (Å²) in [5.74, 6) is 0. The first-order chi connectivity index (χ1) is 27.7. The molecular weight excluding hydrogens is 858 g/mol. The second-order valence-electron chi connectivity index (χ2n) is 13.6. The number of pyridine rings is 2. The van der Waals surface area contributed by atoms with Crippen molar-refractivity contribution in [1.82, 2.24) is 19.8 Å². The second-order valence-corrected chi connectivity index (χ2v) is 15.6. The number of hydrogen-bond donors (Lipinski definition) is 2. The highest BCUT2D eigenvalue weighted by Crippen LogP contribution is 2.26. The van der Waals surface area contributed by atoms with E-state index < -0.39 is 7.12 Å². The van der Waals surface area contributed by atoms with E-state index in [1.807, 2.05) is 54.9 Å². The van der Waals surface area contributed by atoms with Crippen LogP contribution in [0.15, 0.2) is 144 Å². The van der Waals surface area contributed by atoms with Gasteiger partial charge in [-0.1, -0.05) is 139 Å². The molecule has 0 unspecified atom stereocenters. The molecule has 2 atom stereocenters. The Balaban J connectivity index is 0.000000178. The molecular formula is C45H47BBrCl3N4O4. The van der Waals surface area contributed by atoms with Gasteiger partial charge in [0.2, 0.25) is 0 Å². The SMILES string of the molecule is Brc1ccc(CN2CCO[C@@H](c3ccccc3)C2)cn1.C.Clc1cccc(-c2ccc(CN3CCO[C@@H](c4ccccc4)C3)cn2)c1.OB(O)c1cccc(Cl)c1Cl. The van der Waals surface area contributed by atoms with Crippen LogP contribution < -0.4 is 5.46 Å². The molecule has 302 valence electrons. The molecule has 4 aromatic carbocycles. The molecule has 0 bridgehead atoms. The van der Waals surface area contributed by atoms with E-state index in [2.05, 4.69) is 102 Å². The third-order valence-corrected chi connectivity index (χ3v) is 11.0. The predicted molar refractivity (Wildman–Crippen MR) is 240 cm³/mol. The molecule has 6 aromatic rings. The van der Waals surface area contributed by atoms with E-state index in [0.29, 0.717) is 5.02 Å². The summed E-state index contributed by atoms with van der Waals surface area (Å²) in [5.41, 5.74) is 7.16. The van der Waals surface area contributed by atoms with Gasteiger partial charge in [-0.3, -0.25) is 14.8 Å². The number of halogens is 4. The molecule has 2 aromatic heterocycles. The number of rotatable bonds is 8. The molecule has 0 aliphatic carbocycles. The van der Waals surface area contributed by atoms with Crippen LogP contribution in [0.4, 0.5) is 0 Å². The number of aromatic nitrogens is 2. The van der Waals surface area contributed by atoms with E-state index in [0.717, 1.165) is 73.4 Å². The van der Waals surface area contributed by atoms with E-state index in [9.17, 15) is 0 Å². The molecule has 58 heavy (non-hydrogen) atoms. The Morgan fingerprint density at radius 3 is 1.69 bits per heavy atom. The van der Waals surface area contributed by atoms with Crippen molar-refractivity contribution in [3.05, 3.63) is 182 Å². The minimum absolute atomic E-state index is 0. The average Bonchev–Trinajstić information content (AvgIpc) is 3.24. The zero-order valence-corrected chi connectivity index (χ0v) is 35.0. The van der Waals surface area contributed by atoms with Crippen LogP contribution in [-0.4, -0.2) is 76.3 Å². The van der Waals surface area contributed by atoms with Gasteiger partial charge in [-0.25, -0.2) is 4.98 Å². The summed E-state index contributed by atoms with van der Waals surface area (Å²) in [5, 5.41) is 18.7. The number of morpholine rings is 2. The normalized spacial score (nSPS) is 16.8. The first-order valence-electron chi connectivity index (χ1n) is 18.6. The summed E-state index contributed by atoms with van der Waals surface area (Å²) in [6.07, 6.45) is 4.21. The third kappa shape index (κ3) is 13.7. The molecule has 13 heteroatoms. The number of nitrogens with zero attached hydrogens (tertiary/aromatic N) is 4. The Morgan fingerprint density at radius 1 is 0.655 bits per heavy atom. The Morgan fingerprint density at radius 2 is 1.21 bits per heavy atom. The van der Waals surface area contributed by atoms with Gasteiger partial charge < -0.3 is 19.5 Å². The third-order valence-electron chi connectivity index (χ3n) is 9.45. The van der Waals surface area contributed by atoms with Crippen molar-refractivity contribution in [2.75, 3.05) is 39.4 Å². The first kappa shape index (κ1) is 45.4. The summed E-state index contributed by atoms with van der Waals surface area (Å²) in [6.45, 7) is 7.10. The monoisotopic (exact) mass is 902 g/mol. The number of ether oxygens (including phenoxy) is 2. The first-order valence-corrected chi connectivity index (χ1v) is 20.5. The van der Waals surface area contributed by atoms with Crippen LogP contribution in [0.5, 0.6) is 0 Å². The summed E-state index contributed by atoms with van der Waals surface area (Å²) in [6, 6.07) is 41.7. The Labute approximate surface area is 365 Å². The average molecular weight is 905 g/mol. The van der Waals surface area contributed by atoms with Crippen LogP contribution in [0.25, 0.3) is 11.3 Å². The zero-order chi connectivity index (χ0) is 40.0. The number of hydrogen-bond acceptors (Lipinski definition) is 8. The minimum atomic E-state index is -1.57. The molecule has 2 N–H and O–H groups in total. The molecule has 8 rings (SSSR count). The smallest absolute Gasteiger partial charge is 0.423 e. The molecule has 0 radical (unpaired) electrons. The lowest BCUT2D eigenvalue weighted by Gasteiger charge is -2.33. The largest absolute Gasteiger partial charge is 0.490 e. The fourth-order valence-electron chi connectivity index (χ4n) is 6.50. The van der Waals surface area contributed by atoms with Gasteiger partial charge in [0, 0.05) is 67.7 Å². The van der Waals surface area contributed by atoms with Crippen molar-refractivity contribution in [1.29, 1.82) is 0 Å². The van der Waals surface area contributed by atoms with Crippen molar-refractivity contribution < 1.29 is 19.5 Å². The highest BCUT2D eigenvalue weighted by atomic mass is 79.9. The van der Waals surface area contributed by atoms with Gasteiger partial charge in [0.25, 0.3) is 0 Å². The van der Waals surface area contributed by atoms with Crippen molar-refractivity contribution in [3.63, 3.8) is 0 Å². The summed E-state index contributed by atoms with van der Waals surface area (Å²) < 4.78 is 12.7. The fourth-order valence-corrected chi connectivity index (χ4v) is 7.33. The van der Waals surface area contributed by atoms with E-state index >= 15 is 0 Å². The number of benzene rings is 4. The van der Waals surface area contributed by atoms with Crippen LogP contribution in [-0.2, 0) is 22.6 Å². The second kappa shape index (κ2) is 23.2. The molecule has 2 fully saturated rings. The molecule has 0 amide bonds. The van der Waals surface area contributed by atoms with E-state index in [1.165, 1.54) is 28.3 Å². The lowest BCUT2D eigenvalue weighted by Crippen LogP contribution is -2.37. The fraction of sp³-hybridized carbons (Fsp3) is 0.244. The van der Waals surface area contributed by atoms with Gasteiger partial charge in [0.15, 0.2) is 0 Å². The van der Waals surface area contributed by atoms with Crippen molar-refractivity contribution in [2.45, 2.75) is 32.7 Å². The van der Waals surface area contributed by atoms with Crippen LogP contribution in [0.2, 0.25) is 15.1 Å². The van der Waals surface area contributed by atoms with Crippen molar-refractivity contribution in [2.24, 2.45) is 0 Å². The van der Waals surface area contributed by atoms with E-state index in [-0.39, 0.29) is 30.1 Å². The molecule has 0 spiro atoms. The summed E-state index contributed by atoms with van der Waals surface area (Å²) in [4.78, 5) is 13.7. The molecule has 2 aliphatic rings. The topological polar surface area (TPSA) is 91.2 Å². The quantitative estimate of drug-likeness (QED) is 0.115. The molecule has 0 saturated carbocycles. The van der Waals surface area contributed by atoms with Crippen molar-refractivity contribution >= 4 is 63.3 Å². The van der Waals surface area contributed by atoms with Crippen LogP contribution in [0.1, 0.15) is 41.9 Å². The lowest BCUT2D eigenvalue weighted by atomic mass is 9.80. The van der Waals surface area contributed by atoms with E-state index in [1.54, 1.807) is 12.1 Å². The minimum Gasteiger partial charge on any atom is -0.423 e. The van der Waals surface area contributed by atoms with Gasteiger partial charge in [-0.05, 0) is 68.5 Å². The van der Waals surface area contributed by atoms with Crippen molar-refractivity contribution in [3.8, 4) is 11.3 Å². The molecule has 4 heterocycles. The highest BCUT2D eigenvalue weighted by molar-refractivity contribution is 9.10. The summed E-state index contributed by atoms with van der Waals surface area (Å²) >= 11 is 20.7. The zero-order valence-electron chi connectivity index (χ0n) is 31.2.